The van der Waals surface area contributed by atoms with Crippen molar-refractivity contribution in [2.45, 2.75) is 25.3 Å². The van der Waals surface area contributed by atoms with Crippen molar-refractivity contribution in [1.82, 2.24) is 0 Å². The maximum atomic E-state index is 11.5. The molecule has 0 amide bonds. The van der Waals surface area contributed by atoms with E-state index >= 15 is 0 Å². The van der Waals surface area contributed by atoms with Gasteiger partial charge in [0.25, 0.3) is 5.69 Å². The van der Waals surface area contributed by atoms with Gasteiger partial charge in [-0.3, -0.25) is 10.1 Å². The van der Waals surface area contributed by atoms with Crippen molar-refractivity contribution in [3.05, 3.63) is 40.0 Å². The molecule has 3 unspecified atom stereocenters. The summed E-state index contributed by atoms with van der Waals surface area (Å²) in [5.41, 5.74) is 0.869. The molecule has 1 heterocycles. The van der Waals surface area contributed by atoms with Crippen LogP contribution in [0.3, 0.4) is 0 Å². The number of ether oxygens (including phenoxy) is 1. The van der Waals surface area contributed by atoms with Gasteiger partial charge >= 0.3 is 5.97 Å². The zero-order valence-electron chi connectivity index (χ0n) is 12.0. The Morgan fingerprint density at radius 3 is 2.95 bits per heavy atom. The Hall–Kier alpha value is -2.57. The quantitative estimate of drug-likeness (QED) is 0.503. The molecule has 1 aromatic rings. The highest BCUT2D eigenvalue weighted by Gasteiger charge is 2.43. The van der Waals surface area contributed by atoms with Gasteiger partial charge in [0, 0.05) is 11.8 Å². The van der Waals surface area contributed by atoms with Crippen LogP contribution in [0.5, 0.6) is 5.75 Å². The van der Waals surface area contributed by atoms with Gasteiger partial charge < -0.3 is 15.2 Å². The van der Waals surface area contributed by atoms with Crippen LogP contribution >= 0.6 is 0 Å². The normalized spacial score (nSPS) is 25.0. The van der Waals surface area contributed by atoms with Gasteiger partial charge in [-0.1, -0.05) is 12.2 Å². The molecule has 0 fully saturated rings. The van der Waals surface area contributed by atoms with Gasteiger partial charge in [-0.2, -0.15) is 0 Å². The van der Waals surface area contributed by atoms with Crippen molar-refractivity contribution in [3.63, 3.8) is 0 Å². The predicted molar refractivity (Wildman–Crippen MR) is 79.3 cm³/mol. The van der Waals surface area contributed by atoms with Crippen LogP contribution in [0.4, 0.5) is 11.4 Å². The molecular weight excluding hydrogens is 288 g/mol. The Morgan fingerprint density at radius 2 is 2.32 bits per heavy atom. The van der Waals surface area contributed by atoms with Gasteiger partial charge in [0.15, 0.2) is 0 Å². The maximum absolute atomic E-state index is 11.5. The third-order valence-corrected chi connectivity index (χ3v) is 4.20. The number of benzene rings is 1. The number of nitrogens with zero attached hydrogens (tertiary/aromatic N) is 1. The van der Waals surface area contributed by atoms with E-state index in [1.807, 2.05) is 19.1 Å². The average Bonchev–Trinajstić information content (AvgIpc) is 2.95. The van der Waals surface area contributed by atoms with E-state index in [0.717, 1.165) is 5.56 Å². The summed E-state index contributed by atoms with van der Waals surface area (Å²) < 4.78 is 5.41. The highest BCUT2D eigenvalue weighted by Crippen LogP contribution is 2.49. The van der Waals surface area contributed by atoms with E-state index in [1.165, 1.54) is 6.07 Å². The molecular formula is C15H16N2O5. The summed E-state index contributed by atoms with van der Waals surface area (Å²) in [5.74, 6) is -0.840. The van der Waals surface area contributed by atoms with E-state index in [0.29, 0.717) is 18.8 Å². The first-order valence-electron chi connectivity index (χ1n) is 7.14. The van der Waals surface area contributed by atoms with Crippen LogP contribution < -0.4 is 10.1 Å². The average molecular weight is 304 g/mol. The number of nitrogens with one attached hydrogen (secondary N) is 1. The van der Waals surface area contributed by atoms with Crippen LogP contribution in [-0.2, 0) is 4.79 Å². The smallest absolute Gasteiger partial charge is 0.326 e. The minimum atomic E-state index is -0.993. The fourth-order valence-corrected chi connectivity index (χ4v) is 3.29. The summed E-state index contributed by atoms with van der Waals surface area (Å²) in [5, 5.41) is 23.6. The molecule has 1 aliphatic carbocycles. The number of hydrogen-bond acceptors (Lipinski definition) is 5. The third-order valence-electron chi connectivity index (χ3n) is 4.20. The van der Waals surface area contributed by atoms with E-state index in [4.69, 9.17) is 4.74 Å². The van der Waals surface area contributed by atoms with Crippen molar-refractivity contribution < 1.29 is 19.6 Å². The van der Waals surface area contributed by atoms with Crippen LogP contribution in [0, 0.1) is 16.0 Å². The van der Waals surface area contributed by atoms with Crippen LogP contribution in [0.25, 0.3) is 0 Å². The predicted octanol–water partition coefficient (Wildman–Crippen LogP) is 2.53. The first-order chi connectivity index (χ1) is 10.5. The van der Waals surface area contributed by atoms with E-state index in [1.54, 1.807) is 6.07 Å². The summed E-state index contributed by atoms with van der Waals surface area (Å²) in [6.07, 6.45) is 4.50. The second-order valence-corrected chi connectivity index (χ2v) is 5.41. The lowest BCUT2D eigenvalue weighted by Crippen LogP contribution is -2.42. The molecule has 0 spiro atoms. The molecule has 1 aromatic carbocycles. The molecule has 0 bridgehead atoms. The maximum Gasteiger partial charge on any atom is 0.326 e. The van der Waals surface area contributed by atoms with Crippen molar-refractivity contribution >= 4 is 17.3 Å². The molecule has 3 rings (SSSR count). The van der Waals surface area contributed by atoms with Gasteiger partial charge in [-0.15, -0.1) is 0 Å². The molecule has 0 saturated carbocycles. The van der Waals surface area contributed by atoms with E-state index in [9.17, 15) is 20.0 Å². The molecule has 2 N–H and O–H groups in total. The number of carboxylic acid groups (broad SMARTS) is 1. The number of nitro groups is 1. The van der Waals surface area contributed by atoms with Crippen LogP contribution in [0.1, 0.15) is 24.8 Å². The molecule has 7 nitrogen and oxygen atoms in total. The van der Waals surface area contributed by atoms with E-state index < -0.39 is 16.9 Å². The number of allylic oxidation sites excluding steroid dienone is 2. The number of carbonyl (C=O) groups is 1. The Bertz CT molecular complexity index is 670. The topological polar surface area (TPSA) is 102 Å². The lowest BCUT2D eigenvalue weighted by atomic mass is 9.79. The van der Waals surface area contributed by atoms with Gasteiger partial charge in [-0.25, -0.2) is 4.79 Å². The van der Waals surface area contributed by atoms with E-state index in [-0.39, 0.29) is 23.2 Å². The lowest BCUT2D eigenvalue weighted by Gasteiger charge is -2.34. The third kappa shape index (κ3) is 2.18. The molecule has 3 atom stereocenters. The SMILES string of the molecule is CCOc1cc2c(c([N+](=O)[O-])c1)NC(C(=O)O)C1CC=CC21. The molecule has 0 radical (unpaired) electrons. The standard InChI is InChI=1S/C15H16N2O5/c1-2-22-8-6-11-9-4-3-5-10(9)14(15(18)19)16-13(11)12(7-8)17(20)21/h3-4,6-7,9-10,14,16H,2,5H2,1H3,(H,18,19). The first-order valence-corrected chi connectivity index (χ1v) is 7.14. The van der Waals surface area contributed by atoms with Gasteiger partial charge in [0.05, 0.1) is 17.6 Å². The number of carboxylic acids is 1. The summed E-state index contributed by atoms with van der Waals surface area (Å²) >= 11 is 0. The fourth-order valence-electron chi connectivity index (χ4n) is 3.29. The number of hydrogen-bond donors (Lipinski definition) is 2. The minimum Gasteiger partial charge on any atom is -0.494 e. The number of rotatable bonds is 4. The Labute approximate surface area is 126 Å². The first kappa shape index (κ1) is 14.4. The fraction of sp³-hybridized carbons (Fsp3) is 0.400. The highest BCUT2D eigenvalue weighted by molar-refractivity contribution is 5.83. The highest BCUT2D eigenvalue weighted by atomic mass is 16.6. The molecule has 7 heteroatoms. The molecule has 116 valence electrons. The summed E-state index contributed by atoms with van der Waals surface area (Å²) in [4.78, 5) is 22.3. The molecule has 0 saturated heterocycles. The van der Waals surface area contributed by atoms with Crippen LogP contribution in [0.2, 0.25) is 0 Å². The zero-order chi connectivity index (χ0) is 15.9. The van der Waals surface area contributed by atoms with Crippen molar-refractivity contribution in [2.75, 3.05) is 11.9 Å². The summed E-state index contributed by atoms with van der Waals surface area (Å²) in [6.45, 7) is 2.22. The monoisotopic (exact) mass is 304 g/mol. The molecule has 0 aromatic heterocycles. The van der Waals surface area contributed by atoms with Crippen molar-refractivity contribution in [1.29, 1.82) is 0 Å². The number of aliphatic carboxylic acids is 1. The Kier molecular flexibility index (Phi) is 3.48. The van der Waals surface area contributed by atoms with Gasteiger partial charge in [-0.05, 0) is 25.0 Å². The largest absolute Gasteiger partial charge is 0.494 e. The van der Waals surface area contributed by atoms with Gasteiger partial charge in [0.1, 0.15) is 17.5 Å². The number of fused-ring (bicyclic) bond motifs is 3. The van der Waals surface area contributed by atoms with Crippen LogP contribution in [0.15, 0.2) is 24.3 Å². The van der Waals surface area contributed by atoms with Crippen LogP contribution in [-0.4, -0.2) is 28.6 Å². The van der Waals surface area contributed by atoms with Crippen molar-refractivity contribution in [2.24, 2.45) is 5.92 Å². The Morgan fingerprint density at radius 1 is 1.55 bits per heavy atom. The molecule has 2 aliphatic rings. The van der Waals surface area contributed by atoms with Gasteiger partial charge in [0.2, 0.25) is 0 Å². The summed E-state index contributed by atoms with van der Waals surface area (Å²) in [6, 6.07) is 2.28. The summed E-state index contributed by atoms with van der Waals surface area (Å²) in [7, 11) is 0. The van der Waals surface area contributed by atoms with Crippen molar-refractivity contribution in [3.8, 4) is 5.75 Å². The second-order valence-electron chi connectivity index (χ2n) is 5.41. The number of nitro benzene ring substituents is 1. The zero-order valence-corrected chi connectivity index (χ0v) is 12.0. The molecule has 22 heavy (non-hydrogen) atoms. The number of anilines is 1. The Balaban J connectivity index is 2.16. The lowest BCUT2D eigenvalue weighted by molar-refractivity contribution is -0.384. The second kappa shape index (κ2) is 5.32. The van der Waals surface area contributed by atoms with E-state index in [2.05, 4.69) is 5.32 Å². The molecule has 1 aliphatic heterocycles. The minimum absolute atomic E-state index is 0.138.